The Morgan fingerprint density at radius 2 is 1.43 bits per heavy atom. The van der Waals surface area contributed by atoms with Crippen LogP contribution in [0.5, 0.6) is 0 Å². The number of nitrogen functional groups attached to an aromatic ring is 2. The summed E-state index contributed by atoms with van der Waals surface area (Å²) in [6, 6.07) is 18.8. The number of pyridine rings is 2. The van der Waals surface area contributed by atoms with Crippen molar-refractivity contribution in [3.05, 3.63) is 72.1 Å². The van der Waals surface area contributed by atoms with Crippen molar-refractivity contribution in [2.45, 2.75) is 39.8 Å². The summed E-state index contributed by atoms with van der Waals surface area (Å²) in [6.45, 7) is 6.18. The third-order valence-electron chi connectivity index (χ3n) is 5.60. The minimum atomic E-state index is 0.851. The summed E-state index contributed by atoms with van der Waals surface area (Å²) in [4.78, 5) is 0. The number of fused-ring (bicyclic) bond motifs is 2. The maximum Gasteiger partial charge on any atom is 0.214 e. The highest BCUT2D eigenvalue weighted by molar-refractivity contribution is 5.89. The molecule has 0 aliphatic carbocycles. The van der Waals surface area contributed by atoms with E-state index in [2.05, 4.69) is 71.6 Å². The molecule has 4 rings (SSSR count). The molecular weight excluding hydrogens is 344 g/mol. The summed E-state index contributed by atoms with van der Waals surface area (Å²) < 4.78 is 4.71. The minimum absolute atomic E-state index is 0.851. The first-order valence-corrected chi connectivity index (χ1v) is 9.91. The monoisotopic (exact) mass is 372 g/mol. The van der Waals surface area contributed by atoms with Gasteiger partial charge < -0.3 is 11.5 Å². The van der Waals surface area contributed by atoms with Crippen molar-refractivity contribution in [2.75, 3.05) is 11.5 Å². The molecule has 0 unspecified atom stereocenters. The summed E-state index contributed by atoms with van der Waals surface area (Å²) in [5, 5.41) is 2.26. The largest absolute Gasteiger partial charge is 0.398 e. The standard InChI is InChI=1S/C24H26N4/c1-17-16-27(22-11-5-4-10-20(22)24(17)26)13-7-8-14-28-18(2)15-21(25)19-9-3-6-12-23(19)28/h3-6,9-12,15-16,25-26H,7-8,13-14H2,1-2H3/p+2. The maximum absolute atomic E-state index is 6.27. The van der Waals surface area contributed by atoms with Gasteiger partial charge in [0.2, 0.25) is 11.0 Å². The molecule has 0 amide bonds. The lowest BCUT2D eigenvalue weighted by molar-refractivity contribution is -0.686. The SMILES string of the molecule is Cc1c[n+](CCCC[n+]2c(C)cc(N)c3ccccc32)c2ccccc2c1N. The van der Waals surface area contributed by atoms with Gasteiger partial charge in [0.05, 0.1) is 22.1 Å². The zero-order valence-corrected chi connectivity index (χ0v) is 16.7. The van der Waals surface area contributed by atoms with Crippen molar-refractivity contribution >= 4 is 33.2 Å². The Labute approximate surface area is 166 Å². The molecule has 0 bridgehead atoms. The third kappa shape index (κ3) is 3.26. The number of anilines is 2. The predicted octanol–water partition coefficient (Wildman–Crippen LogP) is 3.83. The zero-order valence-electron chi connectivity index (χ0n) is 16.7. The van der Waals surface area contributed by atoms with E-state index >= 15 is 0 Å². The molecule has 2 aromatic heterocycles. The van der Waals surface area contributed by atoms with Gasteiger partial charge in [0.25, 0.3) is 0 Å². The number of unbranched alkanes of at least 4 members (excludes halogenated alkanes) is 1. The zero-order chi connectivity index (χ0) is 19.7. The van der Waals surface area contributed by atoms with Crippen LogP contribution in [-0.2, 0) is 13.1 Å². The first-order valence-electron chi connectivity index (χ1n) is 9.91. The van der Waals surface area contributed by atoms with Crippen LogP contribution in [-0.4, -0.2) is 0 Å². The van der Waals surface area contributed by atoms with E-state index in [4.69, 9.17) is 11.5 Å². The van der Waals surface area contributed by atoms with Gasteiger partial charge in [-0.05, 0) is 19.1 Å². The molecule has 0 aliphatic rings. The number of aromatic nitrogens is 2. The molecule has 0 spiro atoms. The molecule has 142 valence electrons. The summed E-state index contributed by atoms with van der Waals surface area (Å²) in [6.07, 6.45) is 4.38. The summed E-state index contributed by atoms with van der Waals surface area (Å²) in [7, 11) is 0. The molecule has 2 aromatic carbocycles. The number of para-hydroxylation sites is 2. The topological polar surface area (TPSA) is 59.8 Å². The van der Waals surface area contributed by atoms with Gasteiger partial charge in [-0.1, -0.05) is 24.3 Å². The van der Waals surface area contributed by atoms with Crippen LogP contribution in [0, 0.1) is 13.8 Å². The second-order valence-electron chi connectivity index (χ2n) is 7.55. The Balaban J connectivity index is 1.53. The normalized spacial score (nSPS) is 11.4. The van der Waals surface area contributed by atoms with Crippen molar-refractivity contribution < 1.29 is 9.13 Å². The fourth-order valence-electron chi connectivity index (χ4n) is 4.09. The number of rotatable bonds is 5. The highest BCUT2D eigenvalue weighted by Crippen LogP contribution is 2.21. The van der Waals surface area contributed by atoms with Crippen molar-refractivity contribution in [1.82, 2.24) is 0 Å². The van der Waals surface area contributed by atoms with Gasteiger partial charge in [-0.3, -0.25) is 0 Å². The van der Waals surface area contributed by atoms with Crippen molar-refractivity contribution in [2.24, 2.45) is 0 Å². The summed E-state index contributed by atoms with van der Waals surface area (Å²) >= 11 is 0. The van der Waals surface area contributed by atoms with Crippen LogP contribution in [0.15, 0.2) is 60.8 Å². The Morgan fingerprint density at radius 3 is 2.21 bits per heavy atom. The van der Waals surface area contributed by atoms with Crippen molar-refractivity contribution in [1.29, 1.82) is 0 Å². The number of nitrogens with two attached hydrogens (primary N) is 2. The Bertz CT molecular complexity index is 1160. The Hall–Kier alpha value is -3.14. The van der Waals surface area contributed by atoms with E-state index in [0.29, 0.717) is 0 Å². The van der Waals surface area contributed by atoms with Crippen LogP contribution < -0.4 is 20.6 Å². The van der Waals surface area contributed by atoms with Crippen LogP contribution >= 0.6 is 0 Å². The molecule has 0 atom stereocenters. The van der Waals surface area contributed by atoms with Crippen LogP contribution in [0.4, 0.5) is 11.4 Å². The fourth-order valence-corrected chi connectivity index (χ4v) is 4.09. The predicted molar refractivity (Wildman–Crippen MR) is 116 cm³/mol. The van der Waals surface area contributed by atoms with E-state index in [1.54, 1.807) is 0 Å². The van der Waals surface area contributed by atoms with E-state index in [9.17, 15) is 0 Å². The molecule has 4 aromatic rings. The van der Waals surface area contributed by atoms with Crippen LogP contribution in [0.25, 0.3) is 21.8 Å². The molecule has 28 heavy (non-hydrogen) atoms. The molecule has 4 heteroatoms. The molecule has 2 heterocycles. The number of hydrogen-bond donors (Lipinski definition) is 2. The molecule has 0 saturated carbocycles. The molecule has 0 saturated heterocycles. The number of hydrogen-bond acceptors (Lipinski definition) is 2. The van der Waals surface area contributed by atoms with Crippen molar-refractivity contribution in [3.8, 4) is 0 Å². The summed E-state index contributed by atoms with van der Waals surface area (Å²) in [5.41, 5.74) is 19.0. The average molecular weight is 373 g/mol. The van der Waals surface area contributed by atoms with Gasteiger partial charge in [0, 0.05) is 43.5 Å². The van der Waals surface area contributed by atoms with E-state index in [1.165, 1.54) is 16.7 Å². The Morgan fingerprint density at radius 1 is 0.786 bits per heavy atom. The molecule has 0 fully saturated rings. The van der Waals surface area contributed by atoms with E-state index in [-0.39, 0.29) is 0 Å². The van der Waals surface area contributed by atoms with Gasteiger partial charge in [-0.25, -0.2) is 0 Å². The number of nitrogens with zero attached hydrogens (tertiary/aromatic N) is 2. The molecule has 0 radical (unpaired) electrons. The number of benzene rings is 2. The quantitative estimate of drug-likeness (QED) is 0.413. The lowest BCUT2D eigenvalue weighted by Crippen LogP contribution is -2.39. The highest BCUT2D eigenvalue weighted by atomic mass is 15.0. The van der Waals surface area contributed by atoms with E-state index < -0.39 is 0 Å². The maximum atomic E-state index is 6.27. The highest BCUT2D eigenvalue weighted by Gasteiger charge is 2.17. The molecule has 4 nitrogen and oxygen atoms in total. The third-order valence-corrected chi connectivity index (χ3v) is 5.60. The van der Waals surface area contributed by atoms with E-state index in [1.807, 2.05) is 12.1 Å². The van der Waals surface area contributed by atoms with Crippen LogP contribution in [0.1, 0.15) is 24.1 Å². The van der Waals surface area contributed by atoms with Gasteiger partial charge in [-0.2, -0.15) is 9.13 Å². The summed E-state index contributed by atoms with van der Waals surface area (Å²) in [5.74, 6) is 0. The smallest absolute Gasteiger partial charge is 0.214 e. The molecule has 0 aliphatic heterocycles. The minimum Gasteiger partial charge on any atom is -0.398 e. The second-order valence-corrected chi connectivity index (χ2v) is 7.55. The van der Waals surface area contributed by atoms with Gasteiger partial charge in [-0.15, -0.1) is 0 Å². The fraction of sp³-hybridized carbons (Fsp3) is 0.250. The van der Waals surface area contributed by atoms with Gasteiger partial charge in [0.1, 0.15) is 13.1 Å². The average Bonchev–Trinajstić information content (AvgIpc) is 2.71. The van der Waals surface area contributed by atoms with Crippen LogP contribution in [0.2, 0.25) is 0 Å². The lowest BCUT2D eigenvalue weighted by Gasteiger charge is -2.08. The van der Waals surface area contributed by atoms with Crippen molar-refractivity contribution in [3.63, 3.8) is 0 Å². The molecule has 4 N–H and O–H groups in total. The van der Waals surface area contributed by atoms with Gasteiger partial charge in [0.15, 0.2) is 11.9 Å². The van der Waals surface area contributed by atoms with E-state index in [0.717, 1.165) is 53.6 Å². The number of aryl methyl sites for hydroxylation is 4. The van der Waals surface area contributed by atoms with Gasteiger partial charge >= 0.3 is 0 Å². The van der Waals surface area contributed by atoms with Crippen LogP contribution in [0.3, 0.4) is 0 Å². The Kier molecular flexibility index (Phi) is 4.86. The first kappa shape index (κ1) is 18.2. The lowest BCUT2D eigenvalue weighted by atomic mass is 10.1. The second kappa shape index (κ2) is 7.47. The first-order chi connectivity index (χ1) is 13.6. The molecular formula is C24H28N4+2.